The number of aromatic amines is 1. The topological polar surface area (TPSA) is 74.2 Å². The predicted octanol–water partition coefficient (Wildman–Crippen LogP) is 4.49. The first-order valence-electron chi connectivity index (χ1n) is 12.9. The van der Waals surface area contributed by atoms with Crippen LogP contribution in [-0.2, 0) is 17.8 Å². The van der Waals surface area contributed by atoms with Crippen LogP contribution in [-0.4, -0.2) is 62.6 Å². The average Bonchev–Trinajstić information content (AvgIpc) is 3.59. The second-order valence-corrected chi connectivity index (χ2v) is 9.82. The summed E-state index contributed by atoms with van der Waals surface area (Å²) in [4.78, 5) is 32.8. The molecular weight excluding hydrogens is 445 g/mol. The number of nitrogens with zero attached hydrogens (tertiary/aromatic N) is 4. The van der Waals surface area contributed by atoms with Crippen LogP contribution in [0.5, 0.6) is 0 Å². The van der Waals surface area contributed by atoms with E-state index < -0.39 is 0 Å². The third-order valence-electron chi connectivity index (χ3n) is 7.55. The molecule has 0 aliphatic carbocycles. The maximum absolute atomic E-state index is 15.9. The summed E-state index contributed by atoms with van der Waals surface area (Å²) < 4.78 is 17.6. The van der Waals surface area contributed by atoms with E-state index in [2.05, 4.69) is 17.0 Å². The van der Waals surface area contributed by atoms with Gasteiger partial charge in [-0.1, -0.05) is 13.0 Å². The zero-order valence-corrected chi connectivity index (χ0v) is 20.4. The standard InChI is InChI=1S/C27H34FN5O2/c1-2-19-16-21(20-8-6-13-32(18-20)24(34)9-15-33-14-7-10-29-33)25(28)26-22(19)17-23(30-26)27(35)31-11-4-3-5-12-31/h7,10,14,16-17,20,30H,2-6,8-9,11-13,15,18H2,1H3/t20-/m0/s1. The second-order valence-electron chi connectivity index (χ2n) is 9.82. The Morgan fingerprint density at radius 1 is 1.11 bits per heavy atom. The lowest BCUT2D eigenvalue weighted by atomic mass is 9.87. The Bertz CT molecular complexity index is 1200. The predicted molar refractivity (Wildman–Crippen MR) is 133 cm³/mol. The number of aromatic nitrogens is 3. The van der Waals surface area contributed by atoms with Gasteiger partial charge in [-0.25, -0.2) is 4.39 Å². The maximum Gasteiger partial charge on any atom is 0.270 e. The zero-order chi connectivity index (χ0) is 24.4. The minimum atomic E-state index is -0.286. The van der Waals surface area contributed by atoms with Crippen molar-refractivity contribution < 1.29 is 14.0 Å². The molecule has 1 atom stereocenters. The van der Waals surface area contributed by atoms with E-state index in [1.807, 2.05) is 34.2 Å². The molecule has 7 nitrogen and oxygen atoms in total. The fourth-order valence-corrected chi connectivity index (χ4v) is 5.58. The molecule has 2 amide bonds. The number of hydrogen-bond donors (Lipinski definition) is 1. The minimum Gasteiger partial charge on any atom is -0.348 e. The minimum absolute atomic E-state index is 0.0458. The van der Waals surface area contributed by atoms with Crippen molar-refractivity contribution in [2.45, 2.75) is 64.3 Å². The molecule has 35 heavy (non-hydrogen) atoms. The normalized spacial score (nSPS) is 18.9. The van der Waals surface area contributed by atoms with Crippen molar-refractivity contribution in [1.29, 1.82) is 0 Å². The Morgan fingerprint density at radius 2 is 1.91 bits per heavy atom. The van der Waals surface area contributed by atoms with Gasteiger partial charge in [-0.2, -0.15) is 5.10 Å². The lowest BCUT2D eigenvalue weighted by molar-refractivity contribution is -0.132. The number of carbonyl (C=O) groups excluding carboxylic acids is 2. The molecule has 0 radical (unpaired) electrons. The van der Waals surface area contributed by atoms with Crippen LogP contribution in [0.3, 0.4) is 0 Å². The van der Waals surface area contributed by atoms with Crippen molar-refractivity contribution in [3.63, 3.8) is 0 Å². The SMILES string of the molecule is CCc1cc([C@H]2CCCN(C(=O)CCn3cccn3)C2)c(F)c2[nH]c(C(=O)N3CCCCC3)cc12. The van der Waals surface area contributed by atoms with Gasteiger partial charge in [0.25, 0.3) is 5.91 Å². The van der Waals surface area contributed by atoms with Crippen molar-refractivity contribution in [2.75, 3.05) is 26.2 Å². The smallest absolute Gasteiger partial charge is 0.270 e. The summed E-state index contributed by atoms with van der Waals surface area (Å²) in [5, 5.41) is 4.95. The number of carbonyl (C=O) groups is 2. The van der Waals surface area contributed by atoms with Crippen molar-refractivity contribution in [3.05, 3.63) is 53.2 Å². The number of fused-ring (bicyclic) bond motifs is 1. The van der Waals surface area contributed by atoms with E-state index in [1.54, 1.807) is 10.9 Å². The fourth-order valence-electron chi connectivity index (χ4n) is 5.58. The molecular formula is C27H34FN5O2. The maximum atomic E-state index is 15.9. The largest absolute Gasteiger partial charge is 0.348 e. The van der Waals surface area contributed by atoms with Gasteiger partial charge in [0, 0.05) is 62.8 Å². The van der Waals surface area contributed by atoms with Gasteiger partial charge in [-0.05, 0) is 61.8 Å². The fraction of sp³-hybridized carbons (Fsp3) is 0.519. The number of rotatable bonds is 6. The number of nitrogens with one attached hydrogen (secondary N) is 1. The lowest BCUT2D eigenvalue weighted by Gasteiger charge is -2.33. The van der Waals surface area contributed by atoms with Crippen LogP contribution in [0.1, 0.15) is 73.0 Å². The molecule has 2 saturated heterocycles. The Labute approximate surface area is 205 Å². The molecule has 1 aromatic carbocycles. The molecule has 2 aliphatic heterocycles. The van der Waals surface area contributed by atoms with E-state index in [9.17, 15) is 9.59 Å². The molecule has 0 bridgehead atoms. The molecule has 0 unspecified atom stereocenters. The molecule has 5 rings (SSSR count). The highest BCUT2D eigenvalue weighted by atomic mass is 19.1. The van der Waals surface area contributed by atoms with Gasteiger partial charge in [0.05, 0.1) is 5.52 Å². The number of halogens is 1. The van der Waals surface area contributed by atoms with Gasteiger partial charge in [0.2, 0.25) is 5.91 Å². The second kappa shape index (κ2) is 10.2. The van der Waals surface area contributed by atoms with E-state index in [4.69, 9.17) is 0 Å². The average molecular weight is 480 g/mol. The highest BCUT2D eigenvalue weighted by molar-refractivity contribution is 5.99. The molecule has 8 heteroatoms. The molecule has 2 fully saturated rings. The van der Waals surface area contributed by atoms with E-state index in [0.717, 1.165) is 62.6 Å². The van der Waals surface area contributed by atoms with Crippen LogP contribution in [0.25, 0.3) is 10.9 Å². The van der Waals surface area contributed by atoms with Crippen LogP contribution in [0.4, 0.5) is 4.39 Å². The summed E-state index contributed by atoms with van der Waals surface area (Å²) >= 11 is 0. The van der Waals surface area contributed by atoms with Gasteiger partial charge in [0.1, 0.15) is 5.69 Å². The Morgan fingerprint density at radius 3 is 2.66 bits per heavy atom. The summed E-state index contributed by atoms with van der Waals surface area (Å²) in [5.41, 5.74) is 2.57. The van der Waals surface area contributed by atoms with Crippen molar-refractivity contribution >= 4 is 22.7 Å². The van der Waals surface area contributed by atoms with E-state index >= 15 is 4.39 Å². The van der Waals surface area contributed by atoms with Crippen molar-refractivity contribution in [1.82, 2.24) is 24.6 Å². The summed E-state index contributed by atoms with van der Waals surface area (Å²) in [6, 6.07) is 5.63. The van der Waals surface area contributed by atoms with Gasteiger partial charge < -0.3 is 14.8 Å². The first-order valence-corrected chi connectivity index (χ1v) is 12.9. The number of H-pyrrole nitrogens is 1. The third kappa shape index (κ3) is 4.83. The first-order chi connectivity index (χ1) is 17.0. The van der Waals surface area contributed by atoms with Crippen molar-refractivity contribution in [2.24, 2.45) is 0 Å². The molecule has 2 aliphatic rings. The number of benzene rings is 1. The molecule has 1 N–H and O–H groups in total. The van der Waals surface area contributed by atoms with Crippen LogP contribution < -0.4 is 0 Å². The highest BCUT2D eigenvalue weighted by Gasteiger charge is 2.29. The molecule has 3 aromatic rings. The Balaban J connectivity index is 1.37. The van der Waals surface area contributed by atoms with E-state index in [-0.39, 0.29) is 23.5 Å². The van der Waals surface area contributed by atoms with Gasteiger partial charge >= 0.3 is 0 Å². The highest BCUT2D eigenvalue weighted by Crippen LogP contribution is 2.35. The molecule has 0 saturated carbocycles. The third-order valence-corrected chi connectivity index (χ3v) is 7.55. The van der Waals surface area contributed by atoms with Crippen LogP contribution in [0.15, 0.2) is 30.6 Å². The van der Waals surface area contributed by atoms with Crippen LogP contribution in [0.2, 0.25) is 0 Å². The molecule has 2 aromatic heterocycles. The van der Waals surface area contributed by atoms with Crippen LogP contribution in [0, 0.1) is 5.82 Å². The van der Waals surface area contributed by atoms with Crippen molar-refractivity contribution in [3.8, 4) is 0 Å². The lowest BCUT2D eigenvalue weighted by Crippen LogP contribution is -2.39. The van der Waals surface area contributed by atoms with Gasteiger partial charge in [-0.15, -0.1) is 0 Å². The van der Waals surface area contributed by atoms with Crippen LogP contribution >= 0.6 is 0 Å². The first kappa shape index (κ1) is 23.6. The molecule has 186 valence electrons. The summed E-state index contributed by atoms with van der Waals surface area (Å²) in [6.45, 7) is 5.34. The Kier molecular flexibility index (Phi) is 6.88. The van der Waals surface area contributed by atoms with Gasteiger partial charge in [0.15, 0.2) is 5.82 Å². The van der Waals surface area contributed by atoms with E-state index in [1.165, 1.54) is 0 Å². The molecule has 4 heterocycles. The number of aryl methyl sites for hydroxylation is 2. The van der Waals surface area contributed by atoms with E-state index in [0.29, 0.717) is 42.8 Å². The Hall–Kier alpha value is -3.16. The number of amides is 2. The number of piperidine rings is 2. The summed E-state index contributed by atoms with van der Waals surface area (Å²) in [5.74, 6) is -0.311. The summed E-state index contributed by atoms with van der Waals surface area (Å²) in [7, 11) is 0. The number of likely N-dealkylation sites (tertiary alicyclic amines) is 2. The number of hydrogen-bond acceptors (Lipinski definition) is 3. The monoisotopic (exact) mass is 479 g/mol. The summed E-state index contributed by atoms with van der Waals surface area (Å²) in [6.07, 6.45) is 9.56. The quantitative estimate of drug-likeness (QED) is 0.566. The van der Waals surface area contributed by atoms with Gasteiger partial charge in [-0.3, -0.25) is 14.3 Å². The zero-order valence-electron chi connectivity index (χ0n) is 20.4. The molecule has 0 spiro atoms.